The van der Waals surface area contributed by atoms with E-state index in [0.29, 0.717) is 11.8 Å². The largest absolute Gasteiger partial charge is 0.322 e. The Morgan fingerprint density at radius 2 is 0.657 bits per heavy atom. The summed E-state index contributed by atoms with van der Waals surface area (Å²) in [4.78, 5) is 4.90. The standard InChI is InChI=1S/C101H120N4/c1-15-20-22-24-26-85-69-98(96-59-57-94(67-73(96)11)105(91-50-38-82(39-51-91)79-32-44-87(45-33-79)100(14,102)60-17-3)92-54-42-84(43-55-92)99-74(12)64-77(63-71(8)9)65-75(99)13)86(27-25-23-21-16-2)68-97(85)95-58-56-93(66-72(95)10)104(89-48-36-81(37-49-89)78-30-28-76(29-31-78)62-70(6)7)90-52-40-83(41-53-90)80-34-46-88(47-35-80)101(103,19-5)61-18-4/h28-59,64-71H,15-27,60-63,102-103H2,1-14H3. The number of hydrogen-bond acceptors (Lipinski definition) is 4. The highest BCUT2D eigenvalue weighted by atomic mass is 15.1. The number of nitrogens with zero attached hydrogens (tertiary/aromatic N) is 2. The fourth-order valence-electron chi connectivity index (χ4n) is 16.4. The molecular weight excluding hydrogens is 1270 g/mol. The summed E-state index contributed by atoms with van der Waals surface area (Å²) in [5.41, 5.74) is 48.2. The lowest BCUT2D eigenvalue weighted by Crippen LogP contribution is -2.35. The molecule has 2 unspecified atom stereocenters. The summed E-state index contributed by atoms with van der Waals surface area (Å²) in [5, 5.41) is 0. The molecular formula is C101H120N4. The van der Waals surface area contributed by atoms with Gasteiger partial charge in [-0.1, -0.05) is 271 Å². The molecule has 2 atom stereocenters. The first-order chi connectivity index (χ1) is 50.7. The van der Waals surface area contributed by atoms with Crippen LogP contribution < -0.4 is 21.3 Å². The Labute approximate surface area is 633 Å². The minimum absolute atomic E-state index is 0.310. The third-order valence-electron chi connectivity index (χ3n) is 22.2. The average Bonchev–Trinajstić information content (AvgIpc) is 0.766. The minimum atomic E-state index is -0.354. The maximum absolute atomic E-state index is 6.99. The third-order valence-corrected chi connectivity index (χ3v) is 22.2. The van der Waals surface area contributed by atoms with Gasteiger partial charge in [0.25, 0.3) is 0 Å². The summed E-state index contributed by atoms with van der Waals surface area (Å²) >= 11 is 0. The zero-order valence-electron chi connectivity index (χ0n) is 66.2. The molecule has 11 aromatic carbocycles. The van der Waals surface area contributed by atoms with E-state index < -0.39 is 0 Å². The molecule has 0 heterocycles. The molecule has 11 aromatic rings. The van der Waals surface area contributed by atoms with E-state index in [9.17, 15) is 0 Å². The molecule has 0 aliphatic rings. The summed E-state index contributed by atoms with van der Waals surface area (Å²) in [6, 6.07) is 88.4. The van der Waals surface area contributed by atoms with Crippen molar-refractivity contribution in [3.05, 3.63) is 286 Å². The summed E-state index contributed by atoms with van der Waals surface area (Å²) in [6.07, 6.45) is 18.7. The van der Waals surface area contributed by atoms with Crippen LogP contribution in [0.5, 0.6) is 0 Å². The lowest BCUT2D eigenvalue weighted by Gasteiger charge is -2.29. The van der Waals surface area contributed by atoms with Crippen molar-refractivity contribution in [2.45, 2.75) is 217 Å². The van der Waals surface area contributed by atoms with Crippen molar-refractivity contribution in [2.24, 2.45) is 23.3 Å². The zero-order chi connectivity index (χ0) is 74.4. The molecule has 0 spiro atoms. The Bertz CT molecular complexity index is 4590. The van der Waals surface area contributed by atoms with E-state index in [2.05, 4.69) is 337 Å². The molecule has 0 radical (unpaired) electrons. The molecule has 0 amide bonds. The Hall–Kier alpha value is -9.06. The second kappa shape index (κ2) is 35.4. The van der Waals surface area contributed by atoms with Gasteiger partial charge in [0.05, 0.1) is 0 Å². The van der Waals surface area contributed by atoms with Crippen LogP contribution in [0.25, 0.3) is 66.8 Å². The summed E-state index contributed by atoms with van der Waals surface area (Å²) < 4.78 is 0. The van der Waals surface area contributed by atoms with Crippen molar-refractivity contribution in [1.82, 2.24) is 0 Å². The van der Waals surface area contributed by atoms with Gasteiger partial charge in [-0.15, -0.1) is 0 Å². The number of rotatable bonds is 33. The topological polar surface area (TPSA) is 58.5 Å². The van der Waals surface area contributed by atoms with Gasteiger partial charge in [-0.3, -0.25) is 0 Å². The third kappa shape index (κ3) is 18.6. The first-order valence-corrected chi connectivity index (χ1v) is 40.1. The van der Waals surface area contributed by atoms with Gasteiger partial charge >= 0.3 is 0 Å². The normalized spacial score (nSPS) is 12.8. The Morgan fingerprint density at radius 1 is 0.314 bits per heavy atom. The van der Waals surface area contributed by atoms with Gasteiger partial charge in [-0.2, -0.15) is 0 Å². The molecule has 4 N–H and O–H groups in total. The number of anilines is 6. The van der Waals surface area contributed by atoms with E-state index in [1.165, 1.54) is 161 Å². The van der Waals surface area contributed by atoms with Crippen LogP contribution in [0.4, 0.5) is 34.1 Å². The Balaban J connectivity index is 0.980. The molecule has 0 saturated heterocycles. The Kier molecular flexibility index (Phi) is 25.9. The maximum atomic E-state index is 6.99. The van der Waals surface area contributed by atoms with Crippen molar-refractivity contribution in [2.75, 3.05) is 9.80 Å². The number of nitrogens with two attached hydrogens (primary N) is 2. The summed E-state index contributed by atoms with van der Waals surface area (Å²) in [7, 11) is 0. The SMILES string of the molecule is CCCCCCc1cc(-c2ccc(N(c3ccc(-c4ccc(C(C)(N)CCC)cc4)cc3)c3ccc(-c4c(C)cc(CC(C)C)cc4C)cc3)cc2C)c(CCCCCC)cc1-c1ccc(N(c2ccc(-c3ccc(CC(C)C)cc3)cc2)c2ccc(-c3ccc(C(N)(CC)CCC)cc3)cc2)cc1C. The molecule has 0 bridgehead atoms. The molecule has 105 heavy (non-hydrogen) atoms. The fraction of sp³-hybridized carbons (Fsp3) is 0.347. The van der Waals surface area contributed by atoms with Crippen LogP contribution in [-0.2, 0) is 36.8 Å². The van der Waals surface area contributed by atoms with Crippen molar-refractivity contribution < 1.29 is 0 Å². The van der Waals surface area contributed by atoms with Crippen LogP contribution in [0.3, 0.4) is 0 Å². The number of benzene rings is 11. The van der Waals surface area contributed by atoms with Gasteiger partial charge in [0.1, 0.15) is 0 Å². The van der Waals surface area contributed by atoms with Crippen LogP contribution in [0.2, 0.25) is 0 Å². The molecule has 0 saturated carbocycles. The average molecular weight is 1390 g/mol. The molecule has 0 aliphatic heterocycles. The lowest BCUT2D eigenvalue weighted by molar-refractivity contribution is 0.390. The lowest BCUT2D eigenvalue weighted by atomic mass is 9.83. The quantitative estimate of drug-likeness (QED) is 0.0403. The fourth-order valence-corrected chi connectivity index (χ4v) is 16.4. The van der Waals surface area contributed by atoms with Crippen molar-refractivity contribution in [3.8, 4) is 66.8 Å². The maximum Gasteiger partial charge on any atom is 0.0464 e. The van der Waals surface area contributed by atoms with E-state index in [1.54, 1.807) is 0 Å². The Morgan fingerprint density at radius 3 is 1.01 bits per heavy atom. The molecule has 544 valence electrons. The van der Waals surface area contributed by atoms with Crippen LogP contribution in [0.15, 0.2) is 231 Å². The zero-order valence-corrected chi connectivity index (χ0v) is 66.2. The van der Waals surface area contributed by atoms with Crippen LogP contribution >= 0.6 is 0 Å². The van der Waals surface area contributed by atoms with E-state index in [-0.39, 0.29) is 11.1 Å². The number of aryl methyl sites for hydroxylation is 6. The predicted molar refractivity (Wildman–Crippen MR) is 458 cm³/mol. The van der Waals surface area contributed by atoms with Crippen molar-refractivity contribution >= 4 is 34.1 Å². The van der Waals surface area contributed by atoms with Gasteiger partial charge in [0.2, 0.25) is 0 Å². The van der Waals surface area contributed by atoms with Crippen LogP contribution in [-0.4, -0.2) is 0 Å². The summed E-state index contributed by atoms with van der Waals surface area (Å²) in [6.45, 7) is 31.9. The van der Waals surface area contributed by atoms with Gasteiger partial charge in [-0.05, 0) is 299 Å². The molecule has 0 aliphatic carbocycles. The molecule has 0 fully saturated rings. The van der Waals surface area contributed by atoms with Gasteiger partial charge in [0.15, 0.2) is 0 Å². The van der Waals surface area contributed by atoms with Crippen molar-refractivity contribution in [1.29, 1.82) is 0 Å². The molecule has 4 heteroatoms. The second-order valence-corrected chi connectivity index (χ2v) is 31.7. The smallest absolute Gasteiger partial charge is 0.0464 e. The molecule has 0 aromatic heterocycles. The summed E-state index contributed by atoms with van der Waals surface area (Å²) in [5.74, 6) is 1.22. The first-order valence-electron chi connectivity index (χ1n) is 40.1. The minimum Gasteiger partial charge on any atom is -0.322 e. The van der Waals surface area contributed by atoms with Gasteiger partial charge < -0.3 is 21.3 Å². The van der Waals surface area contributed by atoms with E-state index >= 15 is 0 Å². The second-order valence-electron chi connectivity index (χ2n) is 31.7. The van der Waals surface area contributed by atoms with E-state index in [4.69, 9.17) is 11.5 Å². The van der Waals surface area contributed by atoms with E-state index in [0.717, 1.165) is 105 Å². The molecule has 11 rings (SSSR count). The highest BCUT2D eigenvalue weighted by Gasteiger charge is 2.26. The van der Waals surface area contributed by atoms with Crippen LogP contribution in [0, 0.1) is 39.5 Å². The monoisotopic (exact) mass is 1390 g/mol. The first kappa shape index (κ1) is 77.1. The van der Waals surface area contributed by atoms with Crippen molar-refractivity contribution in [3.63, 3.8) is 0 Å². The highest BCUT2D eigenvalue weighted by molar-refractivity contribution is 5.87. The number of hydrogen-bond donors (Lipinski definition) is 2. The number of unbranched alkanes of at least 4 members (excludes halogenated alkanes) is 6. The van der Waals surface area contributed by atoms with E-state index in [1.807, 2.05) is 0 Å². The van der Waals surface area contributed by atoms with Gasteiger partial charge in [0, 0.05) is 45.2 Å². The van der Waals surface area contributed by atoms with Gasteiger partial charge in [-0.25, -0.2) is 0 Å². The molecule has 4 nitrogen and oxygen atoms in total. The highest BCUT2D eigenvalue weighted by Crippen LogP contribution is 2.45. The van der Waals surface area contributed by atoms with Crippen LogP contribution in [0.1, 0.15) is 208 Å². The predicted octanol–water partition coefficient (Wildman–Crippen LogP) is 28.8.